The molecule has 0 aliphatic carbocycles. The Labute approximate surface area is 136 Å². The Hall–Kier alpha value is -2.11. The van der Waals surface area contributed by atoms with E-state index in [0.717, 1.165) is 18.5 Å². The number of aromatic nitrogens is 1. The summed E-state index contributed by atoms with van der Waals surface area (Å²) in [5, 5.41) is 0. The summed E-state index contributed by atoms with van der Waals surface area (Å²) in [7, 11) is 0. The molecular formula is C17H23N3O3. The van der Waals surface area contributed by atoms with Crippen molar-refractivity contribution in [3.05, 3.63) is 23.9 Å². The number of ether oxygens (including phenoxy) is 1. The predicted molar refractivity (Wildman–Crippen MR) is 84.9 cm³/mol. The maximum Gasteiger partial charge on any atom is 0.226 e. The molecule has 0 atom stereocenters. The smallest absolute Gasteiger partial charge is 0.226 e. The van der Waals surface area contributed by atoms with Gasteiger partial charge in [-0.2, -0.15) is 0 Å². The molecule has 2 fully saturated rings. The lowest BCUT2D eigenvalue weighted by atomic mass is 9.93. The van der Waals surface area contributed by atoms with Gasteiger partial charge in [0.1, 0.15) is 6.10 Å². The summed E-state index contributed by atoms with van der Waals surface area (Å²) in [6.07, 6.45) is 1.56. The molecule has 0 N–H and O–H groups in total. The zero-order valence-corrected chi connectivity index (χ0v) is 13.7. The predicted octanol–water partition coefficient (Wildman–Crippen LogP) is 1.24. The standard InChI is InChI=1S/C17H23N3O3/c1-12-4-3-5-16(18-12)23-15-10-20(11-15)17(22)14-6-8-19(9-7-14)13(2)21/h3-5,14-15H,6-11H2,1-2H3. The molecule has 0 spiro atoms. The molecule has 3 rings (SSSR count). The second kappa shape index (κ2) is 6.56. The molecule has 3 heterocycles. The highest BCUT2D eigenvalue weighted by Gasteiger charge is 2.37. The number of nitrogens with zero attached hydrogens (tertiary/aromatic N) is 3. The van der Waals surface area contributed by atoms with Gasteiger partial charge in [-0.25, -0.2) is 4.98 Å². The van der Waals surface area contributed by atoms with Gasteiger partial charge in [0.15, 0.2) is 0 Å². The lowest BCUT2D eigenvalue weighted by Crippen LogP contribution is -2.58. The van der Waals surface area contributed by atoms with Crippen LogP contribution in [0.25, 0.3) is 0 Å². The van der Waals surface area contributed by atoms with Crippen LogP contribution in [0.1, 0.15) is 25.5 Å². The zero-order chi connectivity index (χ0) is 16.4. The second-order valence-corrected chi connectivity index (χ2v) is 6.38. The molecule has 2 saturated heterocycles. The Bertz CT molecular complexity index is 591. The fourth-order valence-corrected chi connectivity index (χ4v) is 3.15. The van der Waals surface area contributed by atoms with Crippen LogP contribution in [0.3, 0.4) is 0 Å². The molecule has 1 aromatic rings. The van der Waals surface area contributed by atoms with Gasteiger partial charge in [-0.05, 0) is 25.8 Å². The van der Waals surface area contributed by atoms with E-state index < -0.39 is 0 Å². The third-order valence-electron chi connectivity index (χ3n) is 4.60. The largest absolute Gasteiger partial charge is 0.471 e. The highest BCUT2D eigenvalue weighted by Crippen LogP contribution is 2.24. The third-order valence-corrected chi connectivity index (χ3v) is 4.60. The minimum Gasteiger partial charge on any atom is -0.471 e. The number of carbonyl (C=O) groups excluding carboxylic acids is 2. The molecule has 0 saturated carbocycles. The van der Waals surface area contributed by atoms with E-state index in [1.165, 1.54) is 0 Å². The molecule has 0 aromatic carbocycles. The summed E-state index contributed by atoms with van der Waals surface area (Å²) < 4.78 is 5.79. The van der Waals surface area contributed by atoms with Gasteiger partial charge in [0, 0.05) is 37.7 Å². The molecule has 124 valence electrons. The summed E-state index contributed by atoms with van der Waals surface area (Å²) in [4.78, 5) is 31.8. The molecule has 6 heteroatoms. The fraction of sp³-hybridized carbons (Fsp3) is 0.588. The normalized spacial score (nSPS) is 19.4. The van der Waals surface area contributed by atoms with E-state index >= 15 is 0 Å². The maximum absolute atomic E-state index is 12.5. The van der Waals surface area contributed by atoms with Gasteiger partial charge in [-0.3, -0.25) is 9.59 Å². The molecule has 0 bridgehead atoms. The van der Waals surface area contributed by atoms with Crippen LogP contribution in [0.15, 0.2) is 18.2 Å². The van der Waals surface area contributed by atoms with Crippen molar-refractivity contribution in [2.24, 2.45) is 5.92 Å². The fourth-order valence-electron chi connectivity index (χ4n) is 3.15. The average molecular weight is 317 g/mol. The number of pyridine rings is 1. The minimum absolute atomic E-state index is 0.0329. The number of likely N-dealkylation sites (tertiary alicyclic amines) is 2. The van der Waals surface area contributed by atoms with E-state index in [2.05, 4.69) is 4.98 Å². The second-order valence-electron chi connectivity index (χ2n) is 6.38. The summed E-state index contributed by atoms with van der Waals surface area (Å²) >= 11 is 0. The van der Waals surface area contributed by atoms with Gasteiger partial charge < -0.3 is 14.5 Å². The van der Waals surface area contributed by atoms with Crippen LogP contribution in [-0.2, 0) is 9.59 Å². The number of aryl methyl sites for hydroxylation is 1. The van der Waals surface area contributed by atoms with Gasteiger partial charge in [0.25, 0.3) is 0 Å². The molecule has 0 unspecified atom stereocenters. The molecule has 23 heavy (non-hydrogen) atoms. The molecule has 0 radical (unpaired) electrons. The van der Waals surface area contributed by atoms with E-state index in [1.807, 2.05) is 34.9 Å². The Morgan fingerprint density at radius 2 is 1.87 bits per heavy atom. The number of carbonyl (C=O) groups is 2. The van der Waals surface area contributed by atoms with Crippen molar-refractivity contribution < 1.29 is 14.3 Å². The Kier molecular flexibility index (Phi) is 4.50. The highest BCUT2D eigenvalue weighted by atomic mass is 16.5. The van der Waals surface area contributed by atoms with Crippen LogP contribution in [0.2, 0.25) is 0 Å². The van der Waals surface area contributed by atoms with Crippen molar-refractivity contribution in [1.29, 1.82) is 0 Å². The molecular weight excluding hydrogens is 294 g/mol. The highest BCUT2D eigenvalue weighted by molar-refractivity contribution is 5.80. The number of hydrogen-bond acceptors (Lipinski definition) is 4. The monoisotopic (exact) mass is 317 g/mol. The lowest BCUT2D eigenvalue weighted by molar-refractivity contribution is -0.147. The van der Waals surface area contributed by atoms with Crippen molar-refractivity contribution in [2.45, 2.75) is 32.8 Å². The van der Waals surface area contributed by atoms with Crippen LogP contribution in [-0.4, -0.2) is 58.9 Å². The molecule has 6 nitrogen and oxygen atoms in total. The van der Waals surface area contributed by atoms with E-state index in [4.69, 9.17) is 4.74 Å². The Balaban J connectivity index is 1.44. The number of hydrogen-bond donors (Lipinski definition) is 0. The summed E-state index contributed by atoms with van der Waals surface area (Å²) in [5.74, 6) is 0.963. The average Bonchev–Trinajstić information content (AvgIpc) is 2.50. The van der Waals surface area contributed by atoms with E-state index in [0.29, 0.717) is 32.1 Å². The van der Waals surface area contributed by atoms with E-state index in [-0.39, 0.29) is 23.8 Å². The Morgan fingerprint density at radius 3 is 2.48 bits per heavy atom. The van der Waals surface area contributed by atoms with Crippen molar-refractivity contribution >= 4 is 11.8 Å². The van der Waals surface area contributed by atoms with E-state index in [9.17, 15) is 9.59 Å². The summed E-state index contributed by atoms with van der Waals surface area (Å²) in [6, 6.07) is 5.69. The molecule has 2 aliphatic heterocycles. The van der Waals surface area contributed by atoms with Gasteiger partial charge in [-0.15, -0.1) is 0 Å². The summed E-state index contributed by atoms with van der Waals surface area (Å²) in [6.45, 7) is 6.14. The topological polar surface area (TPSA) is 62.7 Å². The van der Waals surface area contributed by atoms with Gasteiger partial charge in [0.05, 0.1) is 13.1 Å². The quantitative estimate of drug-likeness (QED) is 0.841. The van der Waals surface area contributed by atoms with Crippen LogP contribution in [0.5, 0.6) is 5.88 Å². The van der Waals surface area contributed by atoms with Crippen LogP contribution < -0.4 is 4.74 Å². The van der Waals surface area contributed by atoms with E-state index in [1.54, 1.807) is 6.92 Å². The minimum atomic E-state index is 0.0329. The first-order chi connectivity index (χ1) is 11.0. The van der Waals surface area contributed by atoms with Crippen molar-refractivity contribution in [2.75, 3.05) is 26.2 Å². The SMILES string of the molecule is CC(=O)N1CCC(C(=O)N2CC(Oc3cccc(C)n3)C2)CC1. The van der Waals surface area contributed by atoms with Crippen molar-refractivity contribution in [3.63, 3.8) is 0 Å². The Morgan fingerprint density at radius 1 is 1.17 bits per heavy atom. The lowest BCUT2D eigenvalue weighted by Gasteiger charge is -2.42. The zero-order valence-electron chi connectivity index (χ0n) is 13.7. The van der Waals surface area contributed by atoms with Gasteiger partial charge in [-0.1, -0.05) is 6.07 Å². The first-order valence-corrected chi connectivity index (χ1v) is 8.17. The maximum atomic E-state index is 12.5. The number of rotatable bonds is 3. The van der Waals surface area contributed by atoms with Gasteiger partial charge in [0.2, 0.25) is 17.7 Å². The molecule has 2 amide bonds. The first kappa shape index (κ1) is 15.8. The molecule has 2 aliphatic rings. The molecule has 1 aromatic heterocycles. The van der Waals surface area contributed by atoms with Gasteiger partial charge >= 0.3 is 0 Å². The van der Waals surface area contributed by atoms with Crippen LogP contribution >= 0.6 is 0 Å². The van der Waals surface area contributed by atoms with Crippen LogP contribution in [0, 0.1) is 12.8 Å². The summed E-state index contributed by atoms with van der Waals surface area (Å²) in [5.41, 5.74) is 0.923. The van der Waals surface area contributed by atoms with Crippen molar-refractivity contribution in [3.8, 4) is 5.88 Å². The number of piperidine rings is 1. The van der Waals surface area contributed by atoms with Crippen LogP contribution in [0.4, 0.5) is 0 Å². The number of amides is 2. The first-order valence-electron chi connectivity index (χ1n) is 8.17. The van der Waals surface area contributed by atoms with Crippen molar-refractivity contribution in [1.82, 2.24) is 14.8 Å². The third kappa shape index (κ3) is 3.63.